The average Bonchev–Trinajstić information content (AvgIpc) is 2.67. The van der Waals surface area contributed by atoms with Gasteiger partial charge in [-0.1, -0.05) is 35.9 Å². The molecule has 0 fully saturated rings. The fourth-order valence-electron chi connectivity index (χ4n) is 2.25. The van der Waals surface area contributed by atoms with Crippen LogP contribution in [0.4, 0.5) is 5.69 Å². The fraction of sp³-hybridized carbons (Fsp3) is 0.105. The molecule has 0 saturated carbocycles. The number of nitrogens with one attached hydrogen (secondary N) is 2. The minimum atomic E-state index is -0.221. The van der Waals surface area contributed by atoms with Crippen molar-refractivity contribution in [3.8, 4) is 0 Å². The topological polar surface area (TPSA) is 66.9 Å². The Kier molecular flexibility index (Phi) is 5.59. The fourth-order valence-corrected chi connectivity index (χ4v) is 2.45. The van der Waals surface area contributed by atoms with Crippen LogP contribution in [0.3, 0.4) is 0 Å². The van der Waals surface area contributed by atoms with Crippen molar-refractivity contribution in [3.63, 3.8) is 0 Å². The predicted octanol–water partition coefficient (Wildman–Crippen LogP) is 3.67. The molecule has 0 radical (unpaired) electrons. The van der Waals surface area contributed by atoms with E-state index in [1.807, 2.05) is 42.5 Å². The number of amides is 1. The molecule has 126 valence electrons. The number of pyridine rings is 2. The van der Waals surface area contributed by atoms with Crippen LogP contribution in [0.25, 0.3) is 0 Å². The van der Waals surface area contributed by atoms with E-state index in [1.54, 1.807) is 24.7 Å². The van der Waals surface area contributed by atoms with Gasteiger partial charge >= 0.3 is 0 Å². The summed E-state index contributed by atoms with van der Waals surface area (Å²) in [7, 11) is 0. The molecule has 0 atom stereocenters. The third-order valence-electron chi connectivity index (χ3n) is 3.61. The van der Waals surface area contributed by atoms with Gasteiger partial charge in [-0.05, 0) is 35.4 Å². The van der Waals surface area contributed by atoms with Crippen molar-refractivity contribution in [3.05, 3.63) is 89.0 Å². The van der Waals surface area contributed by atoms with Crippen LogP contribution in [-0.4, -0.2) is 15.9 Å². The molecule has 2 N–H and O–H groups in total. The van der Waals surface area contributed by atoms with Crippen LogP contribution in [0.15, 0.2) is 67.1 Å². The van der Waals surface area contributed by atoms with Crippen molar-refractivity contribution in [2.45, 2.75) is 13.1 Å². The van der Waals surface area contributed by atoms with E-state index in [0.717, 1.165) is 16.8 Å². The second-order valence-corrected chi connectivity index (χ2v) is 5.83. The quantitative estimate of drug-likeness (QED) is 0.710. The number of carbonyl (C=O) groups is 1. The number of halogens is 1. The lowest BCUT2D eigenvalue weighted by Crippen LogP contribution is -2.23. The van der Waals surface area contributed by atoms with Gasteiger partial charge in [0, 0.05) is 30.5 Å². The molecule has 1 aromatic carbocycles. The van der Waals surface area contributed by atoms with Gasteiger partial charge in [-0.25, -0.2) is 4.98 Å². The number of hydrogen-bond donors (Lipinski definition) is 2. The Bertz CT molecular complexity index is 838. The van der Waals surface area contributed by atoms with Crippen molar-refractivity contribution in [1.29, 1.82) is 0 Å². The standard InChI is InChI=1S/C19H17ClN4O/c20-17-6-2-1-5-15(17)12-22-16-7-8-18(23-13-16)19(25)24-11-14-4-3-9-21-10-14/h1-10,13,22H,11-12H2,(H,24,25). The third kappa shape index (κ3) is 4.78. The highest BCUT2D eigenvalue weighted by Gasteiger charge is 2.07. The maximum absolute atomic E-state index is 12.1. The molecule has 0 bridgehead atoms. The van der Waals surface area contributed by atoms with E-state index in [4.69, 9.17) is 11.6 Å². The van der Waals surface area contributed by atoms with Gasteiger partial charge in [0.05, 0.1) is 11.9 Å². The largest absolute Gasteiger partial charge is 0.380 e. The molecule has 1 amide bonds. The lowest BCUT2D eigenvalue weighted by molar-refractivity contribution is 0.0946. The van der Waals surface area contributed by atoms with E-state index >= 15 is 0 Å². The van der Waals surface area contributed by atoms with Crippen LogP contribution in [0, 0.1) is 0 Å². The van der Waals surface area contributed by atoms with Gasteiger partial charge in [-0.15, -0.1) is 0 Å². The van der Waals surface area contributed by atoms with Gasteiger partial charge in [0.2, 0.25) is 0 Å². The highest BCUT2D eigenvalue weighted by molar-refractivity contribution is 6.31. The normalized spacial score (nSPS) is 10.3. The summed E-state index contributed by atoms with van der Waals surface area (Å²) < 4.78 is 0. The molecule has 25 heavy (non-hydrogen) atoms. The minimum absolute atomic E-state index is 0.221. The van der Waals surface area contributed by atoms with Crippen molar-refractivity contribution in [2.75, 3.05) is 5.32 Å². The van der Waals surface area contributed by atoms with Crippen LogP contribution in [-0.2, 0) is 13.1 Å². The first-order valence-electron chi connectivity index (χ1n) is 7.83. The number of benzene rings is 1. The highest BCUT2D eigenvalue weighted by atomic mass is 35.5. The molecule has 3 rings (SSSR count). The van der Waals surface area contributed by atoms with Gasteiger partial charge in [0.25, 0.3) is 5.91 Å². The summed E-state index contributed by atoms with van der Waals surface area (Å²) in [5, 5.41) is 6.78. The molecular formula is C19H17ClN4O. The Hall–Kier alpha value is -2.92. The Morgan fingerprint density at radius 2 is 1.88 bits per heavy atom. The van der Waals surface area contributed by atoms with Gasteiger partial charge in [-0.2, -0.15) is 0 Å². The van der Waals surface area contributed by atoms with Gasteiger partial charge in [0.15, 0.2) is 0 Å². The molecule has 3 aromatic rings. The number of nitrogens with zero attached hydrogens (tertiary/aromatic N) is 2. The molecule has 0 aliphatic heterocycles. The number of aromatic nitrogens is 2. The van der Waals surface area contributed by atoms with Crippen molar-refractivity contribution in [2.24, 2.45) is 0 Å². The van der Waals surface area contributed by atoms with E-state index < -0.39 is 0 Å². The van der Waals surface area contributed by atoms with E-state index in [0.29, 0.717) is 23.8 Å². The summed E-state index contributed by atoms with van der Waals surface area (Å²) in [6.45, 7) is 1.01. The van der Waals surface area contributed by atoms with Crippen LogP contribution in [0.5, 0.6) is 0 Å². The number of carbonyl (C=O) groups excluding carboxylic acids is 1. The van der Waals surface area contributed by atoms with E-state index in [1.165, 1.54) is 0 Å². The van der Waals surface area contributed by atoms with Crippen LogP contribution in [0.1, 0.15) is 21.6 Å². The van der Waals surface area contributed by atoms with Gasteiger partial charge in [-0.3, -0.25) is 9.78 Å². The zero-order valence-electron chi connectivity index (χ0n) is 13.4. The first-order valence-corrected chi connectivity index (χ1v) is 8.20. The molecule has 0 unspecified atom stereocenters. The average molecular weight is 353 g/mol. The highest BCUT2D eigenvalue weighted by Crippen LogP contribution is 2.16. The van der Waals surface area contributed by atoms with Crippen LogP contribution < -0.4 is 10.6 Å². The van der Waals surface area contributed by atoms with Crippen molar-refractivity contribution in [1.82, 2.24) is 15.3 Å². The molecule has 2 heterocycles. The van der Waals surface area contributed by atoms with E-state index in [-0.39, 0.29) is 5.91 Å². The van der Waals surface area contributed by atoms with E-state index in [9.17, 15) is 4.79 Å². The molecule has 0 aliphatic rings. The summed E-state index contributed by atoms with van der Waals surface area (Å²) in [6, 6.07) is 14.9. The summed E-state index contributed by atoms with van der Waals surface area (Å²) in [6.07, 6.45) is 5.05. The lowest BCUT2D eigenvalue weighted by atomic mass is 10.2. The number of rotatable bonds is 6. The maximum atomic E-state index is 12.1. The number of anilines is 1. The Morgan fingerprint density at radius 1 is 1.00 bits per heavy atom. The van der Waals surface area contributed by atoms with Crippen LogP contribution >= 0.6 is 11.6 Å². The third-order valence-corrected chi connectivity index (χ3v) is 3.98. The SMILES string of the molecule is O=C(NCc1cccnc1)c1ccc(NCc2ccccc2Cl)cn1. The molecule has 6 heteroatoms. The molecule has 5 nitrogen and oxygen atoms in total. The summed E-state index contributed by atoms with van der Waals surface area (Å²) in [5.74, 6) is -0.221. The van der Waals surface area contributed by atoms with Crippen molar-refractivity contribution >= 4 is 23.2 Å². The first kappa shape index (κ1) is 16.9. The predicted molar refractivity (Wildman–Crippen MR) is 98.4 cm³/mol. The summed E-state index contributed by atoms with van der Waals surface area (Å²) in [4.78, 5) is 20.3. The summed E-state index contributed by atoms with van der Waals surface area (Å²) >= 11 is 6.13. The zero-order valence-corrected chi connectivity index (χ0v) is 14.2. The maximum Gasteiger partial charge on any atom is 0.270 e. The smallest absolute Gasteiger partial charge is 0.270 e. The second kappa shape index (κ2) is 8.26. The molecule has 2 aromatic heterocycles. The minimum Gasteiger partial charge on any atom is -0.380 e. The molecule has 0 aliphatic carbocycles. The van der Waals surface area contributed by atoms with Crippen molar-refractivity contribution < 1.29 is 4.79 Å². The molecule has 0 spiro atoms. The first-order chi connectivity index (χ1) is 12.2. The Balaban J connectivity index is 1.54. The van der Waals surface area contributed by atoms with Gasteiger partial charge in [0.1, 0.15) is 5.69 Å². The van der Waals surface area contributed by atoms with E-state index in [2.05, 4.69) is 20.6 Å². The lowest BCUT2D eigenvalue weighted by Gasteiger charge is -2.09. The Morgan fingerprint density at radius 3 is 2.60 bits per heavy atom. The summed E-state index contributed by atoms with van der Waals surface area (Å²) in [5.41, 5.74) is 3.13. The zero-order chi connectivity index (χ0) is 17.5. The molecular weight excluding hydrogens is 336 g/mol. The monoisotopic (exact) mass is 352 g/mol. The second-order valence-electron chi connectivity index (χ2n) is 5.42. The Labute approximate surface area is 151 Å². The molecule has 0 saturated heterocycles. The van der Waals surface area contributed by atoms with Crippen LogP contribution in [0.2, 0.25) is 5.02 Å². The number of hydrogen-bond acceptors (Lipinski definition) is 4. The van der Waals surface area contributed by atoms with Gasteiger partial charge < -0.3 is 10.6 Å².